The second-order valence-electron chi connectivity index (χ2n) is 5.29. The highest BCUT2D eigenvalue weighted by Gasteiger charge is 2.28. The Labute approximate surface area is 92.9 Å². The highest BCUT2D eigenvalue weighted by Crippen LogP contribution is 2.42. The molecule has 0 aliphatic heterocycles. The Hall–Kier alpha value is -0.850. The maximum Gasteiger partial charge on any atom is 0.0472 e. The molecule has 0 N–H and O–H groups in total. The van der Waals surface area contributed by atoms with Crippen molar-refractivity contribution in [3.63, 3.8) is 0 Å². The number of rotatable bonds is 3. The van der Waals surface area contributed by atoms with E-state index in [2.05, 4.69) is 39.8 Å². The van der Waals surface area contributed by atoms with Gasteiger partial charge in [-0.2, -0.15) is 0 Å². The van der Waals surface area contributed by atoms with Crippen molar-refractivity contribution in [2.45, 2.75) is 58.3 Å². The number of nitrogens with zero attached hydrogens (tertiary/aromatic N) is 1. The monoisotopic (exact) mass is 203 g/mol. The van der Waals surface area contributed by atoms with E-state index in [1.807, 2.05) is 0 Å². The first kappa shape index (κ1) is 10.7. The summed E-state index contributed by atoms with van der Waals surface area (Å²) in [5.41, 5.74) is 4.10. The average Bonchev–Trinajstić information content (AvgIpc) is 2.99. The van der Waals surface area contributed by atoms with Gasteiger partial charge in [-0.25, -0.2) is 0 Å². The molecular weight excluding hydrogens is 182 g/mol. The minimum Gasteiger partial charge on any atom is -0.257 e. The topological polar surface area (TPSA) is 12.9 Å². The van der Waals surface area contributed by atoms with Crippen LogP contribution in [0.5, 0.6) is 0 Å². The zero-order valence-corrected chi connectivity index (χ0v) is 10.2. The molecule has 1 aliphatic carbocycles. The average molecular weight is 203 g/mol. The molecule has 82 valence electrons. The molecule has 0 aromatic carbocycles. The first-order valence-corrected chi connectivity index (χ1v) is 6.10. The van der Waals surface area contributed by atoms with Gasteiger partial charge in [0.1, 0.15) is 0 Å². The molecule has 0 unspecified atom stereocenters. The van der Waals surface area contributed by atoms with E-state index < -0.39 is 0 Å². The van der Waals surface area contributed by atoms with Crippen molar-refractivity contribution in [3.8, 4) is 0 Å². The molecule has 1 heterocycles. The maximum atomic E-state index is 4.86. The van der Waals surface area contributed by atoms with Gasteiger partial charge < -0.3 is 0 Å². The molecule has 2 rings (SSSR count). The molecule has 0 amide bonds. The van der Waals surface area contributed by atoms with Crippen LogP contribution in [0.2, 0.25) is 0 Å². The van der Waals surface area contributed by atoms with E-state index in [9.17, 15) is 0 Å². The molecule has 0 atom stereocenters. The van der Waals surface area contributed by atoms with Gasteiger partial charge in [-0.15, -0.1) is 0 Å². The summed E-state index contributed by atoms with van der Waals surface area (Å²) in [4.78, 5) is 4.86. The van der Waals surface area contributed by atoms with Crippen LogP contribution in [0, 0.1) is 0 Å². The van der Waals surface area contributed by atoms with Crippen molar-refractivity contribution in [2.75, 3.05) is 0 Å². The molecule has 1 saturated carbocycles. The van der Waals surface area contributed by atoms with Crippen molar-refractivity contribution in [1.29, 1.82) is 0 Å². The molecule has 0 saturated heterocycles. The third kappa shape index (κ3) is 2.22. The predicted molar refractivity (Wildman–Crippen MR) is 64.4 cm³/mol. The van der Waals surface area contributed by atoms with Crippen LogP contribution < -0.4 is 0 Å². The largest absolute Gasteiger partial charge is 0.257 e. The molecule has 1 nitrogen and oxygen atoms in total. The fraction of sp³-hybridized carbons (Fsp3) is 0.643. The Morgan fingerprint density at radius 2 is 1.73 bits per heavy atom. The zero-order valence-electron chi connectivity index (χ0n) is 10.2. The number of hydrogen-bond donors (Lipinski definition) is 0. The standard InChI is InChI=1S/C14H21N/c1-9(2)12-7-8-13(10(3)4)15-14(12)11-5-6-11/h7-11H,5-6H2,1-4H3. The fourth-order valence-electron chi connectivity index (χ4n) is 1.99. The minimum atomic E-state index is 0.545. The van der Waals surface area contributed by atoms with Crippen LogP contribution in [0.1, 0.15) is 75.2 Å². The summed E-state index contributed by atoms with van der Waals surface area (Å²) in [6.45, 7) is 8.96. The third-order valence-electron chi connectivity index (χ3n) is 3.16. The molecule has 1 heteroatoms. The summed E-state index contributed by atoms with van der Waals surface area (Å²) in [5, 5.41) is 0. The van der Waals surface area contributed by atoms with Gasteiger partial charge in [-0.05, 0) is 36.3 Å². The maximum absolute atomic E-state index is 4.86. The smallest absolute Gasteiger partial charge is 0.0472 e. The van der Waals surface area contributed by atoms with Crippen LogP contribution in [-0.4, -0.2) is 4.98 Å². The van der Waals surface area contributed by atoms with Gasteiger partial charge in [-0.1, -0.05) is 33.8 Å². The van der Waals surface area contributed by atoms with E-state index in [1.54, 1.807) is 0 Å². The van der Waals surface area contributed by atoms with Crippen LogP contribution in [0.15, 0.2) is 12.1 Å². The van der Waals surface area contributed by atoms with Crippen molar-refractivity contribution in [2.24, 2.45) is 0 Å². The quantitative estimate of drug-likeness (QED) is 0.717. The Morgan fingerprint density at radius 1 is 1.07 bits per heavy atom. The molecule has 0 bridgehead atoms. The molecule has 15 heavy (non-hydrogen) atoms. The van der Waals surface area contributed by atoms with Crippen molar-refractivity contribution in [1.82, 2.24) is 4.98 Å². The van der Waals surface area contributed by atoms with E-state index in [0.29, 0.717) is 11.8 Å². The van der Waals surface area contributed by atoms with Crippen LogP contribution >= 0.6 is 0 Å². The number of hydrogen-bond acceptors (Lipinski definition) is 1. The van der Waals surface area contributed by atoms with Gasteiger partial charge in [0, 0.05) is 17.3 Å². The lowest BCUT2D eigenvalue weighted by molar-refractivity contribution is 0.770. The Bertz CT molecular complexity index is 348. The number of aromatic nitrogens is 1. The second-order valence-corrected chi connectivity index (χ2v) is 5.29. The third-order valence-corrected chi connectivity index (χ3v) is 3.16. The fourth-order valence-corrected chi connectivity index (χ4v) is 1.99. The Balaban J connectivity index is 2.40. The second kappa shape index (κ2) is 3.96. The van der Waals surface area contributed by atoms with Crippen molar-refractivity contribution < 1.29 is 0 Å². The van der Waals surface area contributed by atoms with Crippen LogP contribution in [0.4, 0.5) is 0 Å². The van der Waals surface area contributed by atoms with E-state index in [-0.39, 0.29) is 0 Å². The summed E-state index contributed by atoms with van der Waals surface area (Å²) in [6, 6.07) is 4.49. The SMILES string of the molecule is CC(C)c1ccc(C(C)C)c(C2CC2)n1. The lowest BCUT2D eigenvalue weighted by atomic mass is 9.97. The van der Waals surface area contributed by atoms with Gasteiger partial charge in [0.25, 0.3) is 0 Å². The molecular formula is C14H21N. The van der Waals surface area contributed by atoms with E-state index >= 15 is 0 Å². The van der Waals surface area contributed by atoms with Gasteiger partial charge in [0.2, 0.25) is 0 Å². The molecule has 0 radical (unpaired) electrons. The first-order valence-electron chi connectivity index (χ1n) is 6.10. The summed E-state index contributed by atoms with van der Waals surface area (Å²) in [6.07, 6.45) is 2.68. The van der Waals surface area contributed by atoms with Crippen molar-refractivity contribution in [3.05, 3.63) is 29.1 Å². The molecule has 1 aromatic rings. The van der Waals surface area contributed by atoms with Gasteiger partial charge >= 0.3 is 0 Å². The highest BCUT2D eigenvalue weighted by molar-refractivity contribution is 5.32. The van der Waals surface area contributed by atoms with Crippen LogP contribution in [0.3, 0.4) is 0 Å². The number of pyridine rings is 1. The van der Waals surface area contributed by atoms with E-state index in [4.69, 9.17) is 4.98 Å². The molecule has 0 spiro atoms. The molecule has 1 aliphatic rings. The highest BCUT2D eigenvalue weighted by atomic mass is 14.7. The van der Waals surface area contributed by atoms with E-state index in [1.165, 1.54) is 29.8 Å². The van der Waals surface area contributed by atoms with Gasteiger partial charge in [0.05, 0.1) is 0 Å². The van der Waals surface area contributed by atoms with Gasteiger partial charge in [-0.3, -0.25) is 4.98 Å². The summed E-state index contributed by atoms with van der Waals surface area (Å²) in [7, 11) is 0. The summed E-state index contributed by atoms with van der Waals surface area (Å²) < 4.78 is 0. The van der Waals surface area contributed by atoms with Crippen LogP contribution in [-0.2, 0) is 0 Å². The minimum absolute atomic E-state index is 0.545. The first-order chi connectivity index (χ1) is 7.09. The molecule has 1 aromatic heterocycles. The lowest BCUT2D eigenvalue weighted by Crippen LogP contribution is -2.02. The molecule has 1 fully saturated rings. The Morgan fingerprint density at radius 3 is 2.20 bits per heavy atom. The van der Waals surface area contributed by atoms with E-state index in [0.717, 1.165) is 5.92 Å². The van der Waals surface area contributed by atoms with Gasteiger partial charge in [0.15, 0.2) is 0 Å². The normalized spacial score (nSPS) is 16.4. The van der Waals surface area contributed by atoms with Crippen molar-refractivity contribution >= 4 is 0 Å². The lowest BCUT2D eigenvalue weighted by Gasteiger charge is -2.14. The van der Waals surface area contributed by atoms with Crippen LogP contribution in [0.25, 0.3) is 0 Å². The Kier molecular flexibility index (Phi) is 2.81. The zero-order chi connectivity index (χ0) is 11.0. The predicted octanol–water partition coefficient (Wildman–Crippen LogP) is 4.21. The summed E-state index contributed by atoms with van der Waals surface area (Å²) in [5.74, 6) is 1.92. The summed E-state index contributed by atoms with van der Waals surface area (Å²) >= 11 is 0.